The summed E-state index contributed by atoms with van der Waals surface area (Å²) in [7, 11) is 0. The third kappa shape index (κ3) is 4.44. The van der Waals surface area contributed by atoms with E-state index < -0.39 is 5.41 Å². The molecular weight excluding hydrogens is 681 g/mol. The van der Waals surface area contributed by atoms with E-state index in [1.807, 2.05) is 36.4 Å². The molecular formula is C52H42N4. The van der Waals surface area contributed by atoms with Gasteiger partial charge in [-0.25, -0.2) is 4.98 Å². The van der Waals surface area contributed by atoms with Gasteiger partial charge in [-0.2, -0.15) is 9.97 Å². The lowest BCUT2D eigenvalue weighted by atomic mass is 9.63. The molecule has 4 nitrogen and oxygen atoms in total. The van der Waals surface area contributed by atoms with E-state index in [0.717, 1.165) is 22.2 Å². The maximum absolute atomic E-state index is 5.27. The van der Waals surface area contributed by atoms with Crippen molar-refractivity contribution in [3.63, 3.8) is 0 Å². The molecule has 0 saturated heterocycles. The van der Waals surface area contributed by atoms with E-state index in [1.165, 1.54) is 66.1 Å². The average molecular weight is 723 g/mol. The smallest absolute Gasteiger partial charge is 0.238 e. The predicted octanol–water partition coefficient (Wildman–Crippen LogP) is 12.7. The zero-order chi connectivity index (χ0) is 38.1. The molecule has 7 aromatic carbocycles. The van der Waals surface area contributed by atoms with Crippen molar-refractivity contribution in [3.8, 4) is 39.9 Å². The maximum Gasteiger partial charge on any atom is 0.238 e. The Labute approximate surface area is 327 Å². The van der Waals surface area contributed by atoms with Gasteiger partial charge in [0.2, 0.25) is 5.95 Å². The standard InChI is InChI=1S/C52H42N4/c1-50(2,3)34-24-26-38-36(29-34)37-30-35(51(4,5)6)25-27-39(37)52(38)40-20-13-19-31-23-28-43-46(44(31)40)45-41(52)21-14-22-42(45)56(43)49-54-47(32-15-9-7-10-16-32)53-48(55-49)33-17-11-8-12-18-33/h7-30H,1-6H3. The van der Waals surface area contributed by atoms with Crippen LogP contribution in [-0.2, 0) is 16.2 Å². The highest BCUT2D eigenvalue weighted by atomic mass is 15.2. The van der Waals surface area contributed by atoms with Crippen LogP contribution in [0.1, 0.15) is 74.9 Å². The van der Waals surface area contributed by atoms with Gasteiger partial charge in [-0.3, -0.25) is 4.57 Å². The van der Waals surface area contributed by atoms with Gasteiger partial charge in [-0.1, -0.05) is 175 Å². The van der Waals surface area contributed by atoms with Crippen LogP contribution in [0.2, 0.25) is 0 Å². The Hall–Kier alpha value is -6.39. The highest BCUT2D eigenvalue weighted by Crippen LogP contribution is 2.62. The molecule has 2 aromatic heterocycles. The van der Waals surface area contributed by atoms with Crippen LogP contribution < -0.4 is 0 Å². The van der Waals surface area contributed by atoms with Crippen LogP contribution in [0.15, 0.2) is 146 Å². The third-order valence-electron chi connectivity index (χ3n) is 12.4. The van der Waals surface area contributed by atoms with E-state index in [-0.39, 0.29) is 10.8 Å². The SMILES string of the molecule is CC(C)(C)c1ccc2c(c1)-c1cc(C(C)(C)C)ccc1C21c2cccc3ccc4c(c23)c2c1cccc2n4-c1nc(-c2ccccc2)nc(-c2ccccc2)n1. The molecule has 0 bridgehead atoms. The van der Waals surface area contributed by atoms with E-state index >= 15 is 0 Å². The second kappa shape index (κ2) is 11.3. The lowest BCUT2D eigenvalue weighted by Gasteiger charge is -2.38. The van der Waals surface area contributed by atoms with Gasteiger partial charge < -0.3 is 0 Å². The van der Waals surface area contributed by atoms with Gasteiger partial charge in [0, 0.05) is 21.9 Å². The summed E-state index contributed by atoms with van der Waals surface area (Å²) < 4.78 is 2.28. The van der Waals surface area contributed by atoms with Gasteiger partial charge >= 0.3 is 0 Å². The van der Waals surface area contributed by atoms with Gasteiger partial charge in [0.15, 0.2) is 11.6 Å². The highest BCUT2D eigenvalue weighted by molar-refractivity contribution is 6.26. The van der Waals surface area contributed by atoms with E-state index in [4.69, 9.17) is 15.0 Å². The molecule has 9 aromatic rings. The topological polar surface area (TPSA) is 43.6 Å². The number of fused-ring (bicyclic) bond motifs is 7. The van der Waals surface area contributed by atoms with Gasteiger partial charge in [0.1, 0.15) is 0 Å². The van der Waals surface area contributed by atoms with Gasteiger partial charge in [-0.15, -0.1) is 0 Å². The number of aromatic nitrogens is 4. The van der Waals surface area contributed by atoms with Crippen molar-refractivity contribution in [1.29, 1.82) is 0 Å². The Morgan fingerprint density at radius 2 is 0.946 bits per heavy atom. The van der Waals surface area contributed by atoms with Crippen LogP contribution in [-0.4, -0.2) is 19.5 Å². The van der Waals surface area contributed by atoms with Gasteiger partial charge in [0.05, 0.1) is 16.4 Å². The number of hydrogen-bond acceptors (Lipinski definition) is 3. The van der Waals surface area contributed by atoms with Crippen LogP contribution >= 0.6 is 0 Å². The van der Waals surface area contributed by atoms with Crippen LogP contribution in [0.25, 0.3) is 72.4 Å². The quantitative estimate of drug-likeness (QED) is 0.182. The molecule has 0 aliphatic heterocycles. The van der Waals surface area contributed by atoms with Gasteiger partial charge in [-0.05, 0) is 78.2 Å². The fourth-order valence-corrected chi connectivity index (χ4v) is 9.66. The van der Waals surface area contributed by atoms with E-state index in [1.54, 1.807) is 0 Å². The fraction of sp³-hybridized carbons (Fsp3) is 0.173. The second-order valence-corrected chi connectivity index (χ2v) is 17.7. The number of rotatable bonds is 3. The van der Waals surface area contributed by atoms with Crippen LogP contribution in [0.4, 0.5) is 0 Å². The largest absolute Gasteiger partial charge is 0.278 e. The zero-order valence-electron chi connectivity index (χ0n) is 32.6. The van der Waals surface area contributed by atoms with E-state index in [2.05, 4.69) is 155 Å². The molecule has 1 spiro atoms. The van der Waals surface area contributed by atoms with E-state index in [9.17, 15) is 0 Å². The minimum atomic E-state index is -0.520. The average Bonchev–Trinajstić information content (AvgIpc) is 3.70. The molecule has 56 heavy (non-hydrogen) atoms. The first-order chi connectivity index (χ1) is 27.0. The van der Waals surface area contributed by atoms with Crippen LogP contribution in [0.3, 0.4) is 0 Å². The monoisotopic (exact) mass is 722 g/mol. The molecule has 0 saturated carbocycles. The summed E-state index contributed by atoms with van der Waals surface area (Å²) in [6.07, 6.45) is 0. The highest BCUT2D eigenvalue weighted by Gasteiger charge is 2.50. The first-order valence-electron chi connectivity index (χ1n) is 19.7. The molecule has 2 aliphatic rings. The third-order valence-corrected chi connectivity index (χ3v) is 12.4. The molecule has 2 aliphatic carbocycles. The first-order valence-corrected chi connectivity index (χ1v) is 19.7. The molecule has 11 rings (SSSR count). The fourth-order valence-electron chi connectivity index (χ4n) is 9.66. The van der Waals surface area contributed by atoms with Crippen molar-refractivity contribution >= 4 is 32.6 Å². The minimum absolute atomic E-state index is 0.0108. The first kappa shape index (κ1) is 33.0. The maximum atomic E-state index is 5.27. The van der Waals surface area contributed by atoms with Crippen molar-refractivity contribution < 1.29 is 0 Å². The normalized spacial score (nSPS) is 14.0. The Bertz CT molecular complexity index is 2960. The lowest BCUT2D eigenvalue weighted by Crippen LogP contribution is -2.30. The second-order valence-electron chi connectivity index (χ2n) is 17.7. The van der Waals surface area contributed by atoms with Crippen LogP contribution in [0, 0.1) is 0 Å². The summed E-state index contributed by atoms with van der Waals surface area (Å²) in [6, 6.07) is 53.4. The Morgan fingerprint density at radius 3 is 1.50 bits per heavy atom. The Morgan fingerprint density at radius 1 is 0.429 bits per heavy atom. The van der Waals surface area contributed by atoms with Gasteiger partial charge in [0.25, 0.3) is 0 Å². The zero-order valence-corrected chi connectivity index (χ0v) is 32.6. The number of benzene rings is 7. The number of hydrogen-bond donors (Lipinski definition) is 0. The molecule has 4 heteroatoms. The van der Waals surface area contributed by atoms with Crippen LogP contribution in [0.5, 0.6) is 0 Å². The Balaban J connectivity index is 1.28. The van der Waals surface area contributed by atoms with Crippen molar-refractivity contribution in [2.45, 2.75) is 57.8 Å². The van der Waals surface area contributed by atoms with Crippen molar-refractivity contribution in [2.75, 3.05) is 0 Å². The summed E-state index contributed by atoms with van der Waals surface area (Å²) in [5.41, 5.74) is 14.3. The molecule has 0 fully saturated rings. The molecule has 270 valence electrons. The summed E-state index contributed by atoms with van der Waals surface area (Å²) >= 11 is 0. The van der Waals surface area contributed by atoms with Crippen molar-refractivity contribution in [2.24, 2.45) is 0 Å². The van der Waals surface area contributed by atoms with Crippen molar-refractivity contribution in [1.82, 2.24) is 19.5 Å². The minimum Gasteiger partial charge on any atom is -0.278 e. The predicted molar refractivity (Wildman–Crippen MR) is 231 cm³/mol. The summed E-state index contributed by atoms with van der Waals surface area (Å²) in [5, 5.41) is 5.05. The molecule has 0 unspecified atom stereocenters. The Kier molecular flexibility index (Phi) is 6.68. The molecule has 0 amide bonds. The molecule has 0 radical (unpaired) electrons. The molecule has 0 atom stereocenters. The molecule has 0 N–H and O–H groups in total. The number of nitrogens with zero attached hydrogens (tertiary/aromatic N) is 4. The summed E-state index contributed by atoms with van der Waals surface area (Å²) in [4.78, 5) is 15.6. The van der Waals surface area contributed by atoms with Crippen molar-refractivity contribution in [3.05, 3.63) is 179 Å². The molecule has 2 heterocycles. The summed E-state index contributed by atoms with van der Waals surface area (Å²) in [5.74, 6) is 1.91. The summed E-state index contributed by atoms with van der Waals surface area (Å²) in [6.45, 7) is 13.9. The van der Waals surface area contributed by atoms with E-state index in [0.29, 0.717) is 17.6 Å². The lowest BCUT2D eigenvalue weighted by molar-refractivity contribution is 0.589.